The highest BCUT2D eigenvalue weighted by Crippen LogP contribution is 1.92. The number of hydrogen-bond donors (Lipinski definition) is 2. The van der Waals surface area contributed by atoms with Gasteiger partial charge >= 0.3 is 0 Å². The van der Waals surface area contributed by atoms with Crippen LogP contribution in [0.5, 0.6) is 0 Å². The van der Waals surface area contributed by atoms with E-state index < -0.39 is 0 Å². The number of carbonyl (C=O) groups excluding carboxylic acids is 1. The lowest BCUT2D eigenvalue weighted by molar-refractivity contribution is -0.121. The van der Waals surface area contributed by atoms with Gasteiger partial charge in [0.15, 0.2) is 0 Å². The molecule has 4 heteroatoms. The van der Waals surface area contributed by atoms with Gasteiger partial charge in [-0.25, -0.2) is 0 Å². The molecular weight excluding hydrogens is 192 g/mol. The summed E-state index contributed by atoms with van der Waals surface area (Å²) in [7, 11) is 1.69. The summed E-state index contributed by atoms with van der Waals surface area (Å²) >= 11 is 0. The van der Waals surface area contributed by atoms with E-state index in [2.05, 4.69) is 17.6 Å². The molecule has 4 nitrogen and oxygen atoms in total. The second-order valence-corrected chi connectivity index (χ2v) is 3.99. The second kappa shape index (κ2) is 8.68. The number of methoxy groups -OCH3 is 1. The van der Waals surface area contributed by atoms with E-state index in [-0.39, 0.29) is 11.9 Å². The lowest BCUT2D eigenvalue weighted by atomic mass is 10.2. The molecule has 15 heavy (non-hydrogen) atoms. The van der Waals surface area contributed by atoms with Crippen molar-refractivity contribution in [3.05, 3.63) is 0 Å². The van der Waals surface area contributed by atoms with Crippen molar-refractivity contribution < 1.29 is 9.53 Å². The molecule has 1 atom stereocenters. The molecule has 0 rings (SSSR count). The molecule has 0 fully saturated rings. The summed E-state index contributed by atoms with van der Waals surface area (Å²) in [6.45, 7) is 7.43. The minimum absolute atomic E-state index is 0.102. The summed E-state index contributed by atoms with van der Waals surface area (Å²) < 4.78 is 5.05. The van der Waals surface area contributed by atoms with Crippen LogP contribution in [0.15, 0.2) is 0 Å². The fraction of sp³-hybridized carbons (Fsp3) is 0.909. The number of carbonyl (C=O) groups is 1. The molecule has 0 aliphatic carbocycles. The third kappa shape index (κ3) is 8.39. The first-order chi connectivity index (χ1) is 7.10. The molecule has 0 aromatic heterocycles. The Hall–Kier alpha value is -0.610. The highest BCUT2D eigenvalue weighted by Gasteiger charge is 2.06. The Morgan fingerprint density at radius 1 is 1.40 bits per heavy atom. The van der Waals surface area contributed by atoms with Gasteiger partial charge in [0.2, 0.25) is 5.91 Å². The Morgan fingerprint density at radius 3 is 2.53 bits per heavy atom. The third-order valence-electron chi connectivity index (χ3n) is 2.10. The molecule has 0 aliphatic heterocycles. The average Bonchev–Trinajstić information content (AvgIpc) is 2.15. The molecule has 0 saturated carbocycles. The van der Waals surface area contributed by atoms with Crippen LogP contribution in [0.3, 0.4) is 0 Å². The fourth-order valence-electron chi connectivity index (χ4n) is 1.31. The number of amides is 1. The number of hydrogen-bond acceptors (Lipinski definition) is 3. The molecule has 0 heterocycles. The van der Waals surface area contributed by atoms with Gasteiger partial charge in [0.05, 0.1) is 6.61 Å². The van der Waals surface area contributed by atoms with Crippen LogP contribution in [0.25, 0.3) is 0 Å². The molecule has 0 aliphatic rings. The zero-order valence-corrected chi connectivity index (χ0v) is 10.3. The Bertz CT molecular complexity index is 172. The number of rotatable bonds is 8. The first kappa shape index (κ1) is 14.4. The molecule has 1 amide bonds. The van der Waals surface area contributed by atoms with Gasteiger partial charge in [-0.3, -0.25) is 4.79 Å². The van der Waals surface area contributed by atoms with E-state index in [0.29, 0.717) is 25.6 Å². The van der Waals surface area contributed by atoms with Crippen LogP contribution in [0, 0.1) is 0 Å². The predicted molar refractivity (Wildman–Crippen MR) is 61.9 cm³/mol. The van der Waals surface area contributed by atoms with Crippen molar-refractivity contribution >= 4 is 5.91 Å². The highest BCUT2D eigenvalue weighted by atomic mass is 16.5. The topological polar surface area (TPSA) is 50.4 Å². The highest BCUT2D eigenvalue weighted by molar-refractivity contribution is 5.76. The second-order valence-electron chi connectivity index (χ2n) is 3.99. The van der Waals surface area contributed by atoms with Gasteiger partial charge in [-0.2, -0.15) is 0 Å². The standard InChI is InChI=1S/C11H24N2O2/c1-5-10(8-15-4)12-7-6-11(14)13-9(2)3/h9-10,12H,5-8H2,1-4H3,(H,13,14). The molecule has 0 aromatic carbocycles. The minimum Gasteiger partial charge on any atom is -0.383 e. The maximum atomic E-state index is 11.3. The summed E-state index contributed by atoms with van der Waals surface area (Å²) in [6, 6.07) is 0.570. The van der Waals surface area contributed by atoms with Gasteiger partial charge in [-0.05, 0) is 20.3 Å². The van der Waals surface area contributed by atoms with Crippen molar-refractivity contribution in [1.82, 2.24) is 10.6 Å². The van der Waals surface area contributed by atoms with E-state index in [1.165, 1.54) is 0 Å². The molecule has 0 radical (unpaired) electrons. The summed E-state index contributed by atoms with van der Waals surface area (Å²) in [4.78, 5) is 11.3. The van der Waals surface area contributed by atoms with Crippen LogP contribution in [-0.2, 0) is 9.53 Å². The van der Waals surface area contributed by atoms with E-state index in [4.69, 9.17) is 4.74 Å². The first-order valence-electron chi connectivity index (χ1n) is 5.61. The average molecular weight is 216 g/mol. The van der Waals surface area contributed by atoms with Crippen LogP contribution in [0.2, 0.25) is 0 Å². The van der Waals surface area contributed by atoms with Gasteiger partial charge in [-0.15, -0.1) is 0 Å². The Morgan fingerprint density at radius 2 is 2.07 bits per heavy atom. The molecule has 0 bridgehead atoms. The third-order valence-corrected chi connectivity index (χ3v) is 2.10. The normalized spacial score (nSPS) is 12.9. The molecule has 0 aromatic rings. The van der Waals surface area contributed by atoms with Crippen LogP contribution < -0.4 is 10.6 Å². The summed E-state index contributed by atoms with van der Waals surface area (Å²) in [5, 5.41) is 6.14. The molecule has 1 unspecified atom stereocenters. The monoisotopic (exact) mass is 216 g/mol. The van der Waals surface area contributed by atoms with Crippen LogP contribution in [0.1, 0.15) is 33.6 Å². The van der Waals surface area contributed by atoms with Crippen molar-refractivity contribution in [2.75, 3.05) is 20.3 Å². The number of nitrogens with one attached hydrogen (secondary N) is 2. The quantitative estimate of drug-likeness (QED) is 0.634. The van der Waals surface area contributed by atoms with Gasteiger partial charge in [0.1, 0.15) is 0 Å². The number of ether oxygens (including phenoxy) is 1. The molecule has 90 valence electrons. The Kier molecular flexibility index (Phi) is 8.33. The molecular formula is C11H24N2O2. The van der Waals surface area contributed by atoms with Crippen molar-refractivity contribution in [3.63, 3.8) is 0 Å². The van der Waals surface area contributed by atoms with Crippen molar-refractivity contribution in [2.45, 2.75) is 45.7 Å². The van der Waals surface area contributed by atoms with E-state index in [0.717, 1.165) is 6.42 Å². The van der Waals surface area contributed by atoms with E-state index in [1.54, 1.807) is 7.11 Å². The zero-order valence-electron chi connectivity index (χ0n) is 10.3. The first-order valence-corrected chi connectivity index (χ1v) is 5.61. The van der Waals surface area contributed by atoms with Crippen molar-refractivity contribution in [3.8, 4) is 0 Å². The Labute approximate surface area is 92.8 Å². The largest absolute Gasteiger partial charge is 0.383 e. The minimum atomic E-state index is 0.102. The molecule has 2 N–H and O–H groups in total. The molecule has 0 spiro atoms. The molecule has 0 saturated heterocycles. The maximum Gasteiger partial charge on any atom is 0.221 e. The lowest BCUT2D eigenvalue weighted by Crippen LogP contribution is -2.37. The summed E-state index contributed by atoms with van der Waals surface area (Å²) in [5.74, 6) is 0.102. The maximum absolute atomic E-state index is 11.3. The van der Waals surface area contributed by atoms with E-state index in [9.17, 15) is 4.79 Å². The van der Waals surface area contributed by atoms with Crippen LogP contribution in [0.4, 0.5) is 0 Å². The zero-order chi connectivity index (χ0) is 11.7. The van der Waals surface area contributed by atoms with E-state index in [1.807, 2.05) is 13.8 Å². The van der Waals surface area contributed by atoms with Gasteiger partial charge in [0.25, 0.3) is 0 Å². The van der Waals surface area contributed by atoms with Gasteiger partial charge in [0, 0.05) is 32.2 Å². The summed E-state index contributed by atoms with van der Waals surface area (Å²) in [6.07, 6.45) is 1.54. The van der Waals surface area contributed by atoms with Gasteiger partial charge in [-0.1, -0.05) is 6.92 Å². The summed E-state index contributed by atoms with van der Waals surface area (Å²) in [5.41, 5.74) is 0. The Balaban J connectivity index is 3.54. The van der Waals surface area contributed by atoms with Crippen LogP contribution >= 0.6 is 0 Å². The smallest absolute Gasteiger partial charge is 0.221 e. The van der Waals surface area contributed by atoms with E-state index >= 15 is 0 Å². The van der Waals surface area contributed by atoms with Crippen molar-refractivity contribution in [2.24, 2.45) is 0 Å². The van der Waals surface area contributed by atoms with Gasteiger partial charge < -0.3 is 15.4 Å². The SMILES string of the molecule is CCC(COC)NCCC(=O)NC(C)C. The fourth-order valence-corrected chi connectivity index (χ4v) is 1.31. The lowest BCUT2D eigenvalue weighted by Gasteiger charge is -2.16. The predicted octanol–water partition coefficient (Wildman–Crippen LogP) is 0.916. The van der Waals surface area contributed by atoms with Crippen LogP contribution in [-0.4, -0.2) is 38.3 Å². The van der Waals surface area contributed by atoms with Crippen molar-refractivity contribution in [1.29, 1.82) is 0 Å².